The van der Waals surface area contributed by atoms with Crippen molar-refractivity contribution in [1.29, 1.82) is 5.41 Å². The maximum absolute atomic E-state index is 7.92. The SMILES string of the molecule is CC(C)c1cccc(C(C)C)c1C(C=N)c1cnccn1. The number of nitrogens with zero attached hydrogens (tertiary/aromatic N) is 2. The Labute approximate surface area is 127 Å². The van der Waals surface area contributed by atoms with Crippen molar-refractivity contribution >= 4 is 6.21 Å². The van der Waals surface area contributed by atoms with Crippen molar-refractivity contribution in [2.24, 2.45) is 0 Å². The van der Waals surface area contributed by atoms with E-state index in [1.165, 1.54) is 22.9 Å². The number of nitrogens with one attached hydrogen (secondary N) is 1. The second-order valence-electron chi connectivity index (χ2n) is 5.93. The molecule has 1 heterocycles. The molecule has 0 saturated carbocycles. The summed E-state index contributed by atoms with van der Waals surface area (Å²) in [6.45, 7) is 8.78. The van der Waals surface area contributed by atoms with Crippen LogP contribution in [0.5, 0.6) is 0 Å². The third-order valence-corrected chi connectivity index (χ3v) is 3.80. The van der Waals surface area contributed by atoms with Crippen molar-refractivity contribution in [3.05, 3.63) is 59.2 Å². The third-order valence-electron chi connectivity index (χ3n) is 3.80. The molecule has 1 N–H and O–H groups in total. The number of hydrogen-bond donors (Lipinski definition) is 1. The second-order valence-corrected chi connectivity index (χ2v) is 5.93. The molecule has 0 saturated heterocycles. The predicted octanol–water partition coefficient (Wildman–Crippen LogP) is 4.50. The summed E-state index contributed by atoms with van der Waals surface area (Å²) >= 11 is 0. The molecule has 1 unspecified atom stereocenters. The molecule has 3 heteroatoms. The first kappa shape index (κ1) is 15.4. The minimum absolute atomic E-state index is 0.130. The van der Waals surface area contributed by atoms with Crippen molar-refractivity contribution in [2.45, 2.75) is 45.4 Å². The summed E-state index contributed by atoms with van der Waals surface area (Å²) < 4.78 is 0. The van der Waals surface area contributed by atoms with E-state index in [2.05, 4.69) is 55.9 Å². The number of aromatic nitrogens is 2. The van der Waals surface area contributed by atoms with Crippen LogP contribution in [0.15, 0.2) is 36.8 Å². The van der Waals surface area contributed by atoms with Crippen molar-refractivity contribution in [1.82, 2.24) is 9.97 Å². The van der Waals surface area contributed by atoms with Gasteiger partial charge in [-0.3, -0.25) is 9.97 Å². The van der Waals surface area contributed by atoms with Crippen LogP contribution >= 0.6 is 0 Å². The Kier molecular flexibility index (Phi) is 4.84. The van der Waals surface area contributed by atoms with E-state index in [1.807, 2.05) is 0 Å². The molecular weight excluding hydrogens is 258 g/mol. The summed E-state index contributed by atoms with van der Waals surface area (Å²) in [6.07, 6.45) is 6.61. The fourth-order valence-corrected chi connectivity index (χ4v) is 2.76. The predicted molar refractivity (Wildman–Crippen MR) is 87.3 cm³/mol. The van der Waals surface area contributed by atoms with E-state index in [0.717, 1.165) is 5.69 Å². The van der Waals surface area contributed by atoms with Crippen LogP contribution in [0.4, 0.5) is 0 Å². The second kappa shape index (κ2) is 6.61. The Hall–Kier alpha value is -2.03. The smallest absolute Gasteiger partial charge is 0.0714 e. The van der Waals surface area contributed by atoms with Crippen molar-refractivity contribution in [2.75, 3.05) is 0 Å². The van der Waals surface area contributed by atoms with Gasteiger partial charge in [0.1, 0.15) is 0 Å². The van der Waals surface area contributed by atoms with Crippen LogP contribution in [-0.2, 0) is 0 Å². The Morgan fingerprint density at radius 2 is 1.62 bits per heavy atom. The highest BCUT2D eigenvalue weighted by Gasteiger charge is 2.22. The molecule has 0 aliphatic rings. The Bertz CT molecular complexity index is 577. The summed E-state index contributed by atoms with van der Waals surface area (Å²) in [5.74, 6) is 0.699. The van der Waals surface area contributed by atoms with Crippen LogP contribution < -0.4 is 0 Å². The summed E-state index contributed by atoms with van der Waals surface area (Å²) in [4.78, 5) is 8.58. The molecule has 1 atom stereocenters. The topological polar surface area (TPSA) is 49.6 Å². The Morgan fingerprint density at radius 3 is 2.05 bits per heavy atom. The van der Waals surface area contributed by atoms with E-state index < -0.39 is 0 Å². The van der Waals surface area contributed by atoms with Crippen LogP contribution in [0.3, 0.4) is 0 Å². The fourth-order valence-electron chi connectivity index (χ4n) is 2.76. The minimum Gasteiger partial charge on any atom is -0.312 e. The standard InChI is InChI=1S/C18H23N3/c1-12(2)14-6-5-7-15(13(3)4)18(14)16(10-19)17-11-20-8-9-21-17/h5-13,16,19H,1-4H3. The lowest BCUT2D eigenvalue weighted by Gasteiger charge is -2.24. The van der Waals surface area contributed by atoms with Gasteiger partial charge in [-0.2, -0.15) is 0 Å². The third kappa shape index (κ3) is 3.18. The molecule has 0 radical (unpaired) electrons. The molecule has 0 aliphatic heterocycles. The quantitative estimate of drug-likeness (QED) is 0.820. The van der Waals surface area contributed by atoms with Gasteiger partial charge in [-0.05, 0) is 28.5 Å². The maximum atomic E-state index is 7.92. The molecule has 1 aromatic carbocycles. The zero-order chi connectivity index (χ0) is 15.4. The molecule has 0 amide bonds. The van der Waals surface area contributed by atoms with E-state index in [4.69, 9.17) is 5.41 Å². The monoisotopic (exact) mass is 281 g/mol. The van der Waals surface area contributed by atoms with Crippen LogP contribution in [-0.4, -0.2) is 16.2 Å². The van der Waals surface area contributed by atoms with Gasteiger partial charge in [-0.15, -0.1) is 0 Å². The normalized spacial score (nSPS) is 12.7. The Morgan fingerprint density at radius 1 is 1.00 bits per heavy atom. The highest BCUT2D eigenvalue weighted by atomic mass is 14.8. The molecule has 21 heavy (non-hydrogen) atoms. The number of rotatable bonds is 5. The first-order valence-corrected chi connectivity index (χ1v) is 7.45. The molecule has 0 spiro atoms. The average molecular weight is 281 g/mol. The molecule has 1 aromatic heterocycles. The van der Waals surface area contributed by atoms with Gasteiger partial charge in [0.2, 0.25) is 0 Å². The van der Waals surface area contributed by atoms with Gasteiger partial charge < -0.3 is 5.41 Å². The first-order valence-electron chi connectivity index (χ1n) is 7.45. The number of benzene rings is 1. The summed E-state index contributed by atoms with van der Waals surface area (Å²) in [5.41, 5.74) is 4.64. The highest BCUT2D eigenvalue weighted by molar-refractivity contribution is 5.71. The lowest BCUT2D eigenvalue weighted by Crippen LogP contribution is -2.12. The minimum atomic E-state index is -0.130. The average Bonchev–Trinajstić information content (AvgIpc) is 2.48. The lowest BCUT2D eigenvalue weighted by atomic mass is 9.81. The zero-order valence-corrected chi connectivity index (χ0v) is 13.2. The van der Waals surface area contributed by atoms with Crippen LogP contribution in [0.1, 0.15) is 67.8 Å². The van der Waals surface area contributed by atoms with Crippen LogP contribution in [0.25, 0.3) is 0 Å². The number of hydrogen-bond acceptors (Lipinski definition) is 3. The van der Waals surface area contributed by atoms with Crippen LogP contribution in [0, 0.1) is 5.41 Å². The molecule has 2 rings (SSSR count). The van der Waals surface area contributed by atoms with E-state index in [9.17, 15) is 0 Å². The van der Waals surface area contributed by atoms with Gasteiger partial charge >= 0.3 is 0 Å². The van der Waals surface area contributed by atoms with Crippen molar-refractivity contribution in [3.63, 3.8) is 0 Å². The van der Waals surface area contributed by atoms with E-state index in [0.29, 0.717) is 11.8 Å². The van der Waals surface area contributed by atoms with Crippen molar-refractivity contribution < 1.29 is 0 Å². The van der Waals surface area contributed by atoms with Crippen molar-refractivity contribution in [3.8, 4) is 0 Å². The molecule has 3 nitrogen and oxygen atoms in total. The Balaban J connectivity index is 2.66. The van der Waals surface area contributed by atoms with Crippen LogP contribution in [0.2, 0.25) is 0 Å². The highest BCUT2D eigenvalue weighted by Crippen LogP contribution is 2.35. The first-order chi connectivity index (χ1) is 10.1. The van der Waals surface area contributed by atoms with Gasteiger partial charge in [0.05, 0.1) is 11.6 Å². The molecule has 0 fully saturated rings. The maximum Gasteiger partial charge on any atom is 0.0714 e. The summed E-state index contributed by atoms with van der Waals surface area (Å²) in [5, 5.41) is 7.92. The summed E-state index contributed by atoms with van der Waals surface area (Å²) in [7, 11) is 0. The molecule has 0 bridgehead atoms. The van der Waals surface area contributed by atoms with Gasteiger partial charge in [-0.25, -0.2) is 0 Å². The van der Waals surface area contributed by atoms with Gasteiger partial charge in [0, 0.05) is 24.8 Å². The molecule has 2 aromatic rings. The molecule has 0 aliphatic carbocycles. The van der Waals surface area contributed by atoms with E-state index in [1.54, 1.807) is 18.6 Å². The molecule has 110 valence electrons. The fraction of sp³-hybridized carbons (Fsp3) is 0.389. The van der Waals surface area contributed by atoms with Gasteiger partial charge in [0.15, 0.2) is 0 Å². The van der Waals surface area contributed by atoms with E-state index >= 15 is 0 Å². The summed E-state index contributed by atoms with van der Waals surface area (Å²) in [6, 6.07) is 6.45. The van der Waals surface area contributed by atoms with Gasteiger partial charge in [-0.1, -0.05) is 45.9 Å². The zero-order valence-electron chi connectivity index (χ0n) is 13.2. The lowest BCUT2D eigenvalue weighted by molar-refractivity contribution is 0.790. The van der Waals surface area contributed by atoms with Gasteiger partial charge in [0.25, 0.3) is 0 Å². The van der Waals surface area contributed by atoms with E-state index in [-0.39, 0.29) is 5.92 Å². The largest absolute Gasteiger partial charge is 0.312 e. The molecular formula is C18H23N3.